The van der Waals surface area contributed by atoms with Crippen molar-refractivity contribution < 1.29 is 7.56 Å². The van der Waals surface area contributed by atoms with Crippen molar-refractivity contribution in [3.05, 3.63) is 0 Å². The van der Waals surface area contributed by atoms with E-state index in [9.17, 15) is 0 Å². The molecule has 0 nitrogen and oxygen atoms in total. The van der Waals surface area contributed by atoms with E-state index in [0.29, 0.717) is 0 Å². The molecular weight excluding hydrogens is 558 g/mol. The molecule has 0 saturated heterocycles. The van der Waals surface area contributed by atoms with Crippen LogP contribution < -0.4 is 0 Å². The van der Waals surface area contributed by atoms with Gasteiger partial charge in [-0.2, -0.15) is 0 Å². The van der Waals surface area contributed by atoms with E-state index in [1.165, 1.54) is 118 Å². The van der Waals surface area contributed by atoms with Gasteiger partial charge in [-0.05, 0) is 234 Å². The standard InChI is InChI=1S/C43H40.CH4.B.FH.2H2/c1-2-4-13-18-25-19-14(5-3-1)21-27-29-24-17-9-12-7-6-11-8-15-22-28-26-20(13)32(18)36(25)33(19,21)39(27)40(29)35(24)31(17,10-16(11)12)30-23(15)34(22)38(28)37(26,32)42(36,39)43(38,40)41(30,34)35;;;;;/h11-30H,1-10H2;1H4;;3*1H/i;;;;1+1;. The number of rotatable bonds is 0. The van der Waals surface area contributed by atoms with Gasteiger partial charge in [-0.1, -0.05) is 26.7 Å². The van der Waals surface area contributed by atoms with Crippen LogP contribution in [0.1, 0.15) is 74.5 Å². The highest BCUT2D eigenvalue weighted by atomic mass is 19.0. The lowest BCUT2D eigenvalue weighted by Crippen LogP contribution is -3.54. The second-order valence-electron chi connectivity index (χ2n) is 25.3. The molecule has 24 saturated carbocycles. The molecule has 0 aromatic carbocycles. The van der Waals surface area contributed by atoms with E-state index in [-0.39, 0.29) is 23.4 Å². The van der Waals surface area contributed by atoms with Crippen molar-refractivity contribution in [2.75, 3.05) is 0 Å². The summed E-state index contributed by atoms with van der Waals surface area (Å²) in [4.78, 5) is 0. The Kier molecular flexibility index (Phi) is 1.85. The van der Waals surface area contributed by atoms with Gasteiger partial charge in [0, 0.05) is 11.3 Å². The molecule has 24 fully saturated rings. The molecule has 46 heavy (non-hydrogen) atoms. The molecule has 2 bridgehead atoms. The van der Waals surface area contributed by atoms with Crippen LogP contribution in [0, 0.1) is 189 Å². The number of fused-ring (bicyclic) bond motifs is 10. The summed E-state index contributed by atoms with van der Waals surface area (Å²) >= 11 is 0. The zero-order chi connectivity index (χ0) is 25.1. The molecule has 0 aromatic rings. The van der Waals surface area contributed by atoms with Gasteiger partial charge in [0.15, 0.2) is 0 Å². The first kappa shape index (κ1) is 21.4. The van der Waals surface area contributed by atoms with Gasteiger partial charge < -0.3 is 0 Å². The van der Waals surface area contributed by atoms with Crippen molar-refractivity contribution in [2.45, 2.75) is 71.6 Å². The Hall–Kier alpha value is -0.00506. The lowest BCUT2D eigenvalue weighted by molar-refractivity contribution is -1.11. The van der Waals surface area contributed by atoms with Crippen molar-refractivity contribution in [2.24, 2.45) is 189 Å². The normalized spacial score (nSPS) is 106. The highest BCUT2D eigenvalue weighted by Crippen LogP contribution is 3.57. The van der Waals surface area contributed by atoms with Gasteiger partial charge in [0.25, 0.3) is 0 Å². The van der Waals surface area contributed by atoms with Gasteiger partial charge in [-0.15, -0.1) is 0 Å². The second kappa shape index (κ2) is 3.98. The van der Waals surface area contributed by atoms with Gasteiger partial charge in [-0.3, -0.25) is 4.70 Å². The summed E-state index contributed by atoms with van der Waals surface area (Å²) in [7, 11) is 0. The van der Waals surface area contributed by atoms with Gasteiger partial charge >= 0.3 is 0 Å². The van der Waals surface area contributed by atoms with Crippen LogP contribution in [-0.2, 0) is 0 Å². The van der Waals surface area contributed by atoms with Crippen molar-refractivity contribution >= 4 is 8.41 Å². The fourth-order valence-corrected chi connectivity index (χ4v) is 37.4. The van der Waals surface area contributed by atoms with Crippen LogP contribution in [-0.4, -0.2) is 8.41 Å². The minimum Gasteiger partial charge on any atom is -0.269 e. The Balaban J connectivity index is 0.000000436. The Morgan fingerprint density at radius 3 is 1.70 bits per heavy atom. The third kappa shape index (κ3) is 0.664. The smallest absolute Gasteiger partial charge is 0 e. The van der Waals surface area contributed by atoms with Crippen LogP contribution in [0.15, 0.2) is 0 Å². The molecule has 0 aromatic heterocycles. The molecule has 0 N–H and O–H groups in total. The summed E-state index contributed by atoms with van der Waals surface area (Å²) < 4.78 is 0. The van der Waals surface area contributed by atoms with E-state index in [1.807, 2.05) is 6.42 Å². The minimum absolute atomic E-state index is 0. The van der Waals surface area contributed by atoms with Crippen molar-refractivity contribution in [3.8, 4) is 0 Å². The Morgan fingerprint density at radius 1 is 0.457 bits per heavy atom. The SMILES string of the molecule is C.C1CCC2C3C4C5C(CC1)C1C6C7C8C9CC%10CCC%11CC%12C%13C%14C9(CC%11%10)C89C%148C%13%10C%12C%11C%12C2C32C43C51C61C79C84C%11%10C%122C314.F.[2HH].[B].[HH]. The second-order valence-corrected chi connectivity index (χ2v) is 25.3. The van der Waals surface area contributed by atoms with Crippen LogP contribution in [0.4, 0.5) is 4.70 Å². The molecule has 0 amide bonds. The highest BCUT2D eigenvalue weighted by molar-refractivity contribution is 6.00. The van der Waals surface area contributed by atoms with Gasteiger partial charge in [0.2, 0.25) is 0 Å². The monoisotopic (exact) mass is 608 g/mol. The van der Waals surface area contributed by atoms with E-state index in [1.54, 1.807) is 57.8 Å². The van der Waals surface area contributed by atoms with Crippen LogP contribution in [0.2, 0.25) is 0 Å². The Morgan fingerprint density at radius 2 is 1.00 bits per heavy atom. The molecule has 33 unspecified atom stereocenters. The van der Waals surface area contributed by atoms with Gasteiger partial charge in [0.05, 0.1) is 0 Å². The van der Waals surface area contributed by atoms with Crippen LogP contribution >= 0.6 is 0 Å². The maximum Gasteiger partial charge on any atom is 0 e. The predicted molar refractivity (Wildman–Crippen MR) is 167 cm³/mol. The summed E-state index contributed by atoms with van der Waals surface area (Å²) in [6, 6.07) is 0. The van der Waals surface area contributed by atoms with E-state index in [4.69, 9.17) is 0 Å². The predicted octanol–water partition coefficient (Wildman–Crippen LogP) is 7.26. The Labute approximate surface area is 275 Å². The lowest BCUT2D eigenvalue weighted by Gasteiger charge is -3.55. The van der Waals surface area contributed by atoms with Crippen molar-refractivity contribution in [1.29, 1.82) is 0 Å². The zero-order valence-corrected chi connectivity index (χ0v) is 26.1. The van der Waals surface area contributed by atoms with E-state index >= 15 is 0 Å². The molecule has 24 aliphatic rings. The first-order valence-corrected chi connectivity index (χ1v) is 21.4. The van der Waals surface area contributed by atoms with Crippen molar-refractivity contribution in [1.82, 2.24) is 0 Å². The van der Waals surface area contributed by atoms with E-state index < -0.39 is 0 Å². The zero-order valence-electron chi connectivity index (χ0n) is 26.1. The third-order valence-electron chi connectivity index (χ3n) is 31.1. The average molecular weight is 609 g/mol. The molecule has 13 spiro atoms. The van der Waals surface area contributed by atoms with Gasteiger partial charge in [-0.25, -0.2) is 0 Å². The van der Waals surface area contributed by atoms with Gasteiger partial charge in [0.1, 0.15) is 0 Å². The molecule has 0 aliphatic heterocycles. The van der Waals surface area contributed by atoms with Crippen LogP contribution in [0.3, 0.4) is 0 Å². The molecule has 235 valence electrons. The first-order valence-electron chi connectivity index (χ1n) is 21.4. The fourth-order valence-electron chi connectivity index (χ4n) is 37.4. The van der Waals surface area contributed by atoms with E-state index in [2.05, 4.69) is 0 Å². The molecule has 24 aliphatic carbocycles. The highest BCUT2D eigenvalue weighted by Gasteiger charge is 3.56. The summed E-state index contributed by atoms with van der Waals surface area (Å²) in [6.45, 7) is 0. The fraction of sp³-hybridized carbons (Fsp3) is 1.00. The van der Waals surface area contributed by atoms with Crippen LogP contribution in [0.25, 0.3) is 0 Å². The number of halogens is 1. The Bertz CT molecular complexity index is 2160. The summed E-state index contributed by atoms with van der Waals surface area (Å²) in [5.41, 5.74) is 14.1. The number of hydrogen-bond donors (Lipinski definition) is 0. The summed E-state index contributed by atoms with van der Waals surface area (Å²) in [5, 5.41) is 0. The van der Waals surface area contributed by atoms with E-state index in [0.717, 1.165) is 70.4 Å². The summed E-state index contributed by atoms with van der Waals surface area (Å²) in [6.07, 6.45) is 17.3. The molecule has 33 atom stereocenters. The quantitative estimate of drug-likeness (QED) is 0.254. The average Bonchev–Trinajstić information content (AvgIpc) is 3.30. The molecule has 3 radical (unpaired) electrons. The van der Waals surface area contributed by atoms with Crippen LogP contribution in [0.5, 0.6) is 0 Å². The largest absolute Gasteiger partial charge is 0.269 e. The van der Waals surface area contributed by atoms with Crippen molar-refractivity contribution in [3.63, 3.8) is 0 Å². The maximum absolute atomic E-state index is 1.87. The summed E-state index contributed by atoms with van der Waals surface area (Å²) in [5.74, 6) is 26.6. The molecule has 2 heteroatoms. The lowest BCUT2D eigenvalue weighted by atomic mass is 8.47. The molecular formula is C44H49BF. The molecule has 24 rings (SSSR count). The molecule has 0 heterocycles. The maximum atomic E-state index is 1.87. The number of hydrogen-bond acceptors (Lipinski definition) is 0. The third-order valence-corrected chi connectivity index (χ3v) is 31.1. The minimum atomic E-state index is 0. The topological polar surface area (TPSA) is 0 Å². The first-order chi connectivity index (χ1) is 21.4.